The lowest BCUT2D eigenvalue weighted by atomic mass is 10.2. The molecule has 0 amide bonds. The molecule has 4 rings (SSSR count). The first-order valence-electron chi connectivity index (χ1n) is 8.87. The Morgan fingerprint density at radius 3 is 2.24 bits per heavy atom. The van der Waals surface area contributed by atoms with Gasteiger partial charge in [0.25, 0.3) is 5.56 Å². The minimum Gasteiger partial charge on any atom is -0.299 e. The molecule has 4 nitrogen and oxygen atoms in total. The number of piperazine rings is 1. The maximum atomic E-state index is 12.4. The summed E-state index contributed by atoms with van der Waals surface area (Å²) in [6.45, 7) is 7.11. The van der Waals surface area contributed by atoms with Crippen LogP contribution in [0.4, 0.5) is 0 Å². The van der Waals surface area contributed by atoms with E-state index in [-0.39, 0.29) is 5.56 Å². The highest BCUT2D eigenvalue weighted by Crippen LogP contribution is 2.16. The van der Waals surface area contributed by atoms with Crippen LogP contribution in [0.15, 0.2) is 59.4 Å². The van der Waals surface area contributed by atoms with Crippen LogP contribution in [0.1, 0.15) is 5.56 Å². The number of rotatable bonds is 5. The van der Waals surface area contributed by atoms with E-state index in [1.165, 1.54) is 5.56 Å². The van der Waals surface area contributed by atoms with E-state index in [2.05, 4.69) is 40.1 Å². The van der Waals surface area contributed by atoms with Gasteiger partial charge in [-0.3, -0.25) is 18.6 Å². The maximum Gasteiger partial charge on any atom is 0.268 e. The van der Waals surface area contributed by atoms with Gasteiger partial charge in [-0.2, -0.15) is 0 Å². The van der Waals surface area contributed by atoms with Crippen molar-refractivity contribution in [2.24, 2.45) is 0 Å². The molecule has 0 saturated carbocycles. The quantitative estimate of drug-likeness (QED) is 0.706. The zero-order valence-electron chi connectivity index (χ0n) is 14.3. The van der Waals surface area contributed by atoms with Crippen molar-refractivity contribution in [3.63, 3.8) is 0 Å². The van der Waals surface area contributed by atoms with Gasteiger partial charge in [0.1, 0.15) is 0 Å². The van der Waals surface area contributed by atoms with Gasteiger partial charge in [-0.1, -0.05) is 54.0 Å². The van der Waals surface area contributed by atoms with E-state index in [0.717, 1.165) is 55.9 Å². The molecule has 0 radical (unpaired) electrons. The fourth-order valence-electron chi connectivity index (χ4n) is 3.41. The van der Waals surface area contributed by atoms with Crippen molar-refractivity contribution in [2.45, 2.75) is 13.1 Å². The highest BCUT2D eigenvalue weighted by molar-refractivity contribution is 7.13. The summed E-state index contributed by atoms with van der Waals surface area (Å²) in [4.78, 5) is 17.4. The average Bonchev–Trinajstić information content (AvgIpc) is 2.98. The van der Waals surface area contributed by atoms with Crippen molar-refractivity contribution in [2.75, 3.05) is 32.7 Å². The summed E-state index contributed by atoms with van der Waals surface area (Å²) in [5.74, 6) is 0. The molecule has 5 heteroatoms. The molecule has 1 aliphatic rings. The molecular weight excluding hydrogens is 330 g/mol. The molecule has 1 aromatic heterocycles. The lowest BCUT2D eigenvalue weighted by Crippen LogP contribution is -2.46. The molecule has 0 unspecified atom stereocenters. The predicted octanol–water partition coefficient (Wildman–Crippen LogP) is 2.88. The monoisotopic (exact) mass is 353 g/mol. The normalized spacial score (nSPS) is 16.5. The Morgan fingerprint density at radius 1 is 0.800 bits per heavy atom. The van der Waals surface area contributed by atoms with Gasteiger partial charge in [-0.25, -0.2) is 0 Å². The fraction of sp³-hybridized carbons (Fsp3) is 0.350. The van der Waals surface area contributed by atoms with Gasteiger partial charge in [-0.15, -0.1) is 0 Å². The topological polar surface area (TPSA) is 28.5 Å². The van der Waals surface area contributed by atoms with Gasteiger partial charge in [-0.05, 0) is 17.7 Å². The molecule has 2 heterocycles. The summed E-state index contributed by atoms with van der Waals surface area (Å²) in [5, 5.41) is 0.847. The van der Waals surface area contributed by atoms with E-state index in [4.69, 9.17) is 0 Å². The largest absolute Gasteiger partial charge is 0.299 e. The van der Waals surface area contributed by atoms with Crippen LogP contribution < -0.4 is 5.56 Å². The van der Waals surface area contributed by atoms with Gasteiger partial charge in [0, 0.05) is 45.8 Å². The second-order valence-corrected chi connectivity index (χ2v) is 7.66. The Hall–Kier alpha value is -1.95. The van der Waals surface area contributed by atoms with E-state index < -0.39 is 0 Å². The first-order chi connectivity index (χ1) is 12.3. The molecule has 1 aliphatic heterocycles. The molecular formula is C20H23N3OS. The third-order valence-electron chi connectivity index (χ3n) is 4.89. The zero-order chi connectivity index (χ0) is 17.1. The van der Waals surface area contributed by atoms with E-state index in [9.17, 15) is 4.79 Å². The van der Waals surface area contributed by atoms with Crippen LogP contribution in [-0.4, -0.2) is 46.5 Å². The Kier molecular flexibility index (Phi) is 4.97. The van der Waals surface area contributed by atoms with E-state index in [1.54, 1.807) is 11.5 Å². The first kappa shape index (κ1) is 16.5. The Balaban J connectivity index is 1.30. The van der Waals surface area contributed by atoms with Crippen LogP contribution in [0.2, 0.25) is 0 Å². The molecule has 0 bridgehead atoms. The lowest BCUT2D eigenvalue weighted by Gasteiger charge is -2.34. The second-order valence-electron chi connectivity index (χ2n) is 6.60. The SMILES string of the molecule is O=c1c2ccccc2sn1CCN1CCN(Cc2ccccc2)CC1. The third kappa shape index (κ3) is 3.84. The van der Waals surface area contributed by atoms with Crippen molar-refractivity contribution >= 4 is 21.6 Å². The molecule has 3 aromatic rings. The molecule has 25 heavy (non-hydrogen) atoms. The lowest BCUT2D eigenvalue weighted by molar-refractivity contribution is 0.124. The minimum atomic E-state index is 0.156. The van der Waals surface area contributed by atoms with Crippen LogP contribution in [0.3, 0.4) is 0 Å². The Bertz CT molecular complexity index is 879. The molecule has 2 aromatic carbocycles. The van der Waals surface area contributed by atoms with E-state index in [1.807, 2.05) is 28.2 Å². The van der Waals surface area contributed by atoms with Crippen LogP contribution in [0.25, 0.3) is 10.1 Å². The van der Waals surface area contributed by atoms with Crippen LogP contribution in [-0.2, 0) is 13.1 Å². The van der Waals surface area contributed by atoms with Crippen molar-refractivity contribution in [3.8, 4) is 0 Å². The van der Waals surface area contributed by atoms with Crippen molar-refractivity contribution in [3.05, 3.63) is 70.5 Å². The highest BCUT2D eigenvalue weighted by atomic mass is 32.1. The summed E-state index contributed by atoms with van der Waals surface area (Å²) < 4.78 is 2.99. The highest BCUT2D eigenvalue weighted by Gasteiger charge is 2.17. The van der Waals surface area contributed by atoms with Gasteiger partial charge >= 0.3 is 0 Å². The third-order valence-corrected chi connectivity index (χ3v) is 6.01. The zero-order valence-corrected chi connectivity index (χ0v) is 15.1. The number of hydrogen-bond acceptors (Lipinski definition) is 4. The van der Waals surface area contributed by atoms with E-state index in [0.29, 0.717) is 0 Å². The number of nitrogens with zero attached hydrogens (tertiary/aromatic N) is 3. The molecule has 1 saturated heterocycles. The summed E-state index contributed by atoms with van der Waals surface area (Å²) in [5.41, 5.74) is 1.54. The van der Waals surface area contributed by atoms with Crippen LogP contribution >= 0.6 is 11.5 Å². The smallest absolute Gasteiger partial charge is 0.268 e. The van der Waals surface area contributed by atoms with Crippen molar-refractivity contribution < 1.29 is 0 Å². The molecule has 130 valence electrons. The maximum absolute atomic E-state index is 12.4. The van der Waals surface area contributed by atoms with Crippen molar-refractivity contribution in [1.29, 1.82) is 0 Å². The molecule has 0 spiro atoms. The number of fused-ring (bicyclic) bond motifs is 1. The summed E-state index contributed by atoms with van der Waals surface area (Å²) in [7, 11) is 0. The summed E-state index contributed by atoms with van der Waals surface area (Å²) >= 11 is 1.58. The number of hydrogen-bond donors (Lipinski definition) is 0. The van der Waals surface area contributed by atoms with E-state index >= 15 is 0 Å². The van der Waals surface area contributed by atoms with Crippen molar-refractivity contribution in [1.82, 2.24) is 13.8 Å². The average molecular weight is 353 g/mol. The van der Waals surface area contributed by atoms with Gasteiger partial charge in [0.2, 0.25) is 0 Å². The molecule has 0 atom stereocenters. The summed E-state index contributed by atoms with van der Waals surface area (Å²) in [6.07, 6.45) is 0. The first-order valence-corrected chi connectivity index (χ1v) is 9.64. The number of aromatic nitrogens is 1. The molecule has 1 fully saturated rings. The van der Waals surface area contributed by atoms with Gasteiger partial charge in [0.15, 0.2) is 0 Å². The Morgan fingerprint density at radius 2 is 1.48 bits per heavy atom. The van der Waals surface area contributed by atoms with Crippen LogP contribution in [0, 0.1) is 0 Å². The minimum absolute atomic E-state index is 0.156. The Labute approximate surface area is 152 Å². The second kappa shape index (κ2) is 7.52. The standard InChI is InChI=1S/C20H23N3OS/c24-20-18-8-4-5-9-19(18)25-23(20)15-14-21-10-12-22(13-11-21)16-17-6-2-1-3-7-17/h1-9H,10-16H2. The summed E-state index contributed by atoms with van der Waals surface area (Å²) in [6, 6.07) is 18.6. The van der Waals surface area contributed by atoms with Gasteiger partial charge < -0.3 is 0 Å². The fourth-order valence-corrected chi connectivity index (χ4v) is 4.39. The molecule has 0 aliphatic carbocycles. The predicted molar refractivity (Wildman–Crippen MR) is 104 cm³/mol. The van der Waals surface area contributed by atoms with Crippen LogP contribution in [0.5, 0.6) is 0 Å². The molecule has 0 N–H and O–H groups in total. The number of benzene rings is 2. The van der Waals surface area contributed by atoms with Gasteiger partial charge in [0.05, 0.1) is 10.1 Å².